The monoisotopic (exact) mass is 392 g/mol. The predicted octanol–water partition coefficient (Wildman–Crippen LogP) is 4.32. The third kappa shape index (κ3) is 6.17. The number of carbonyl (C=O) groups is 1. The lowest BCUT2D eigenvalue weighted by Gasteiger charge is -2.08. The van der Waals surface area contributed by atoms with Crippen molar-refractivity contribution in [1.29, 1.82) is 0 Å². The molecule has 0 aromatic heterocycles. The molecule has 5 nitrogen and oxygen atoms in total. The molecule has 3 rings (SSSR count). The number of benzene rings is 3. The van der Waals surface area contributed by atoms with Gasteiger partial charge in [-0.25, -0.2) is 9.82 Å². The zero-order chi connectivity index (χ0) is 20.5. The normalized spacial score (nSPS) is 11.0. The Morgan fingerprint density at radius 2 is 1.62 bits per heavy atom. The molecule has 0 aliphatic carbocycles. The zero-order valence-electron chi connectivity index (χ0n) is 16.0. The van der Waals surface area contributed by atoms with Crippen LogP contribution < -0.4 is 14.9 Å². The Kier molecular flexibility index (Phi) is 6.95. The lowest BCUT2D eigenvalue weighted by atomic mass is 10.1. The van der Waals surface area contributed by atoms with Gasteiger partial charge in [0.1, 0.15) is 12.4 Å². The molecule has 29 heavy (non-hydrogen) atoms. The van der Waals surface area contributed by atoms with E-state index in [0.29, 0.717) is 12.3 Å². The van der Waals surface area contributed by atoms with Gasteiger partial charge in [0.15, 0.2) is 18.2 Å². The minimum absolute atomic E-state index is 0.0226. The summed E-state index contributed by atoms with van der Waals surface area (Å²) >= 11 is 0. The first-order valence-electron chi connectivity index (χ1n) is 9.09. The fraction of sp³-hybridized carbons (Fsp3) is 0.130. The molecule has 0 aliphatic heterocycles. The first kappa shape index (κ1) is 20.1. The van der Waals surface area contributed by atoms with Crippen molar-refractivity contribution in [2.45, 2.75) is 13.5 Å². The van der Waals surface area contributed by atoms with Crippen LogP contribution in [0.15, 0.2) is 84.0 Å². The maximum Gasteiger partial charge on any atom is 0.277 e. The van der Waals surface area contributed by atoms with Crippen molar-refractivity contribution in [2.75, 3.05) is 6.61 Å². The van der Waals surface area contributed by atoms with Crippen molar-refractivity contribution >= 4 is 11.6 Å². The highest BCUT2D eigenvalue weighted by molar-refractivity contribution is 5.99. The van der Waals surface area contributed by atoms with Gasteiger partial charge in [-0.1, -0.05) is 42.5 Å². The largest absolute Gasteiger partial charge is 0.489 e. The van der Waals surface area contributed by atoms with Gasteiger partial charge in [0.05, 0.1) is 5.71 Å². The van der Waals surface area contributed by atoms with Gasteiger partial charge >= 0.3 is 0 Å². The summed E-state index contributed by atoms with van der Waals surface area (Å²) in [5, 5.41) is 4.05. The second kappa shape index (κ2) is 10.0. The minimum atomic E-state index is -0.519. The van der Waals surface area contributed by atoms with Gasteiger partial charge in [0, 0.05) is 0 Å². The van der Waals surface area contributed by atoms with Crippen molar-refractivity contribution in [3.05, 3.63) is 95.8 Å². The van der Waals surface area contributed by atoms with Crippen LogP contribution >= 0.6 is 0 Å². The van der Waals surface area contributed by atoms with E-state index in [1.165, 1.54) is 12.1 Å². The maximum absolute atomic E-state index is 13.5. The molecule has 0 heterocycles. The van der Waals surface area contributed by atoms with Crippen LogP contribution in [-0.4, -0.2) is 18.2 Å². The molecule has 148 valence electrons. The van der Waals surface area contributed by atoms with Gasteiger partial charge in [-0.15, -0.1) is 0 Å². The number of halogens is 1. The van der Waals surface area contributed by atoms with E-state index in [0.717, 1.165) is 16.9 Å². The third-order valence-corrected chi connectivity index (χ3v) is 4.06. The molecule has 0 aliphatic rings. The fourth-order valence-corrected chi connectivity index (χ4v) is 2.48. The van der Waals surface area contributed by atoms with E-state index in [-0.39, 0.29) is 12.4 Å². The molecule has 6 heteroatoms. The Bertz CT molecular complexity index is 973. The number of ether oxygens (including phenoxy) is 2. The van der Waals surface area contributed by atoms with E-state index in [4.69, 9.17) is 9.47 Å². The van der Waals surface area contributed by atoms with E-state index in [9.17, 15) is 9.18 Å². The first-order valence-corrected chi connectivity index (χ1v) is 9.09. The number of para-hydroxylation sites is 1. The molecule has 0 spiro atoms. The van der Waals surface area contributed by atoms with E-state index in [1.807, 2.05) is 54.6 Å². The van der Waals surface area contributed by atoms with Crippen molar-refractivity contribution in [3.63, 3.8) is 0 Å². The number of amides is 1. The maximum atomic E-state index is 13.5. The lowest BCUT2D eigenvalue weighted by molar-refractivity contribution is -0.123. The zero-order valence-corrected chi connectivity index (χ0v) is 16.0. The van der Waals surface area contributed by atoms with E-state index in [2.05, 4.69) is 10.5 Å². The van der Waals surface area contributed by atoms with E-state index >= 15 is 0 Å². The number of carbonyl (C=O) groups excluding carboxylic acids is 1. The number of hydrogen-bond acceptors (Lipinski definition) is 4. The van der Waals surface area contributed by atoms with Crippen molar-refractivity contribution in [1.82, 2.24) is 5.43 Å². The van der Waals surface area contributed by atoms with Crippen LogP contribution in [0.3, 0.4) is 0 Å². The van der Waals surface area contributed by atoms with Gasteiger partial charge < -0.3 is 9.47 Å². The highest BCUT2D eigenvalue weighted by Crippen LogP contribution is 2.16. The summed E-state index contributed by atoms with van der Waals surface area (Å²) in [6.07, 6.45) is 0. The van der Waals surface area contributed by atoms with Crippen molar-refractivity contribution < 1.29 is 18.7 Å². The minimum Gasteiger partial charge on any atom is -0.489 e. The fourth-order valence-electron chi connectivity index (χ4n) is 2.48. The van der Waals surface area contributed by atoms with Crippen LogP contribution in [0.4, 0.5) is 4.39 Å². The molecular formula is C23H21FN2O3. The molecule has 0 bridgehead atoms. The van der Waals surface area contributed by atoms with Crippen LogP contribution in [0.5, 0.6) is 11.5 Å². The van der Waals surface area contributed by atoms with Crippen LogP contribution in [-0.2, 0) is 11.4 Å². The van der Waals surface area contributed by atoms with Gasteiger partial charge in [-0.3, -0.25) is 4.79 Å². The SMILES string of the molecule is C/C(=N\NC(=O)COc1ccccc1F)c1ccc(OCc2ccccc2)cc1. The second-order valence-corrected chi connectivity index (χ2v) is 6.25. The summed E-state index contributed by atoms with van der Waals surface area (Å²) in [6.45, 7) is 1.94. The van der Waals surface area contributed by atoms with Crippen LogP contribution in [0, 0.1) is 5.82 Å². The lowest BCUT2D eigenvalue weighted by Crippen LogP contribution is -2.25. The van der Waals surface area contributed by atoms with Gasteiger partial charge in [0.2, 0.25) is 0 Å². The quantitative estimate of drug-likeness (QED) is 0.459. The first-order chi connectivity index (χ1) is 14.1. The van der Waals surface area contributed by atoms with Crippen LogP contribution in [0.1, 0.15) is 18.1 Å². The average Bonchev–Trinajstić information content (AvgIpc) is 2.76. The molecule has 0 radical (unpaired) electrons. The Morgan fingerprint density at radius 1 is 0.931 bits per heavy atom. The molecule has 1 N–H and O–H groups in total. The molecule has 0 saturated heterocycles. The van der Waals surface area contributed by atoms with Crippen molar-refractivity contribution in [2.24, 2.45) is 5.10 Å². The number of hydrazone groups is 1. The average molecular weight is 392 g/mol. The predicted molar refractivity (Wildman–Crippen MR) is 109 cm³/mol. The number of hydrogen-bond donors (Lipinski definition) is 1. The third-order valence-electron chi connectivity index (χ3n) is 4.06. The summed E-state index contributed by atoms with van der Waals surface area (Å²) in [7, 11) is 0. The van der Waals surface area contributed by atoms with Crippen LogP contribution in [0.25, 0.3) is 0 Å². The standard InChI is InChI=1S/C23H21FN2O3/c1-17(25-26-23(27)16-29-22-10-6-5-9-21(22)24)19-11-13-20(14-12-19)28-15-18-7-3-2-4-8-18/h2-14H,15-16H2,1H3,(H,26,27)/b25-17+. The molecule has 0 atom stereocenters. The summed E-state index contributed by atoms with van der Waals surface area (Å²) in [6, 6.07) is 23.2. The van der Waals surface area contributed by atoms with E-state index in [1.54, 1.807) is 19.1 Å². The molecule has 3 aromatic carbocycles. The molecular weight excluding hydrogens is 371 g/mol. The number of nitrogens with one attached hydrogen (secondary N) is 1. The molecule has 0 unspecified atom stereocenters. The molecule has 0 fully saturated rings. The van der Waals surface area contributed by atoms with Gasteiger partial charge in [-0.05, 0) is 54.4 Å². The van der Waals surface area contributed by atoms with Crippen LogP contribution in [0.2, 0.25) is 0 Å². The van der Waals surface area contributed by atoms with Crippen molar-refractivity contribution in [3.8, 4) is 11.5 Å². The Hall–Kier alpha value is -3.67. The Morgan fingerprint density at radius 3 is 2.34 bits per heavy atom. The molecule has 0 saturated carbocycles. The highest BCUT2D eigenvalue weighted by Gasteiger charge is 2.06. The number of nitrogens with zero attached hydrogens (tertiary/aromatic N) is 1. The highest BCUT2D eigenvalue weighted by atomic mass is 19.1. The van der Waals surface area contributed by atoms with E-state index < -0.39 is 11.7 Å². The van der Waals surface area contributed by atoms with Gasteiger partial charge in [-0.2, -0.15) is 5.10 Å². The Balaban J connectivity index is 1.48. The summed E-state index contributed by atoms with van der Waals surface area (Å²) in [4.78, 5) is 11.9. The second-order valence-electron chi connectivity index (χ2n) is 6.25. The topological polar surface area (TPSA) is 59.9 Å². The summed E-state index contributed by atoms with van der Waals surface area (Å²) in [5.41, 5.74) is 4.96. The smallest absolute Gasteiger partial charge is 0.277 e. The molecule has 1 amide bonds. The number of rotatable bonds is 8. The Labute approximate surface area is 168 Å². The molecule has 3 aromatic rings. The summed E-state index contributed by atoms with van der Waals surface area (Å²) < 4.78 is 24.4. The summed E-state index contributed by atoms with van der Waals surface area (Å²) in [5.74, 6) is -0.229. The van der Waals surface area contributed by atoms with Gasteiger partial charge in [0.25, 0.3) is 5.91 Å².